The topological polar surface area (TPSA) is 84.9 Å². The number of carboxylic acids is 1. The number of rotatable bonds is 4. The van der Waals surface area contributed by atoms with Crippen LogP contribution in [0.2, 0.25) is 0 Å². The minimum atomic E-state index is -1.57. The maximum Gasteiger partial charge on any atom is 0.408 e. The minimum absolute atomic E-state index is 0.0896. The molecule has 30 heavy (non-hydrogen) atoms. The number of alkyl carbamates (subject to hydrolysis) is 1. The zero-order valence-corrected chi connectivity index (χ0v) is 17.7. The van der Waals surface area contributed by atoms with E-state index >= 15 is 0 Å². The quantitative estimate of drug-likeness (QED) is 0.785. The highest BCUT2D eigenvalue weighted by Gasteiger charge is 2.63. The summed E-state index contributed by atoms with van der Waals surface area (Å²) in [6.07, 6.45) is -0.611. The summed E-state index contributed by atoms with van der Waals surface area (Å²) in [6, 6.07) is 16.1. The molecule has 0 aromatic heterocycles. The molecule has 6 nitrogen and oxygen atoms in total. The maximum atomic E-state index is 12.7. The van der Waals surface area contributed by atoms with E-state index in [9.17, 15) is 14.7 Å². The molecule has 1 saturated heterocycles. The van der Waals surface area contributed by atoms with Gasteiger partial charge in [0.2, 0.25) is 0 Å². The molecule has 2 aromatic carbocycles. The van der Waals surface area contributed by atoms with Gasteiger partial charge >= 0.3 is 12.1 Å². The molecule has 2 aromatic rings. The lowest BCUT2D eigenvalue weighted by atomic mass is 9.79. The van der Waals surface area contributed by atoms with Crippen LogP contribution in [0, 0.1) is 0 Å². The van der Waals surface area contributed by atoms with Gasteiger partial charge in [0.05, 0.1) is 11.2 Å². The number of amides is 1. The second-order valence-electron chi connectivity index (χ2n) is 9.21. The summed E-state index contributed by atoms with van der Waals surface area (Å²) in [7, 11) is 0. The molecule has 1 aliphatic heterocycles. The summed E-state index contributed by atoms with van der Waals surface area (Å²) >= 11 is 0. The Kier molecular flexibility index (Phi) is 4.66. The highest BCUT2D eigenvalue weighted by atomic mass is 16.6. The number of hydrogen-bond acceptors (Lipinski definition) is 4. The predicted molar refractivity (Wildman–Crippen MR) is 112 cm³/mol. The normalized spacial score (nSPS) is 23.5. The molecule has 2 aliphatic rings. The van der Waals surface area contributed by atoms with Crippen molar-refractivity contribution in [2.45, 2.75) is 56.8 Å². The van der Waals surface area contributed by atoms with Crippen molar-refractivity contribution in [3.8, 4) is 11.1 Å². The van der Waals surface area contributed by atoms with Crippen LogP contribution in [-0.2, 0) is 14.3 Å². The van der Waals surface area contributed by atoms with E-state index in [1.165, 1.54) is 0 Å². The molecular weight excluding hydrogens is 382 g/mol. The molecule has 1 heterocycles. The molecule has 1 aliphatic carbocycles. The SMILES string of the molecule is CC1(C)CC(NC(=O)OCC2c3ccccc3-c3ccccc32)(C(=O)O)C(C)(C)O1. The van der Waals surface area contributed by atoms with Crippen molar-refractivity contribution in [1.82, 2.24) is 5.32 Å². The zero-order chi connectivity index (χ0) is 21.7. The second kappa shape index (κ2) is 6.84. The van der Waals surface area contributed by atoms with E-state index in [4.69, 9.17) is 9.47 Å². The minimum Gasteiger partial charge on any atom is -0.479 e. The van der Waals surface area contributed by atoms with Gasteiger partial charge < -0.3 is 19.9 Å². The van der Waals surface area contributed by atoms with Crippen LogP contribution in [0.4, 0.5) is 4.79 Å². The Bertz CT molecular complexity index is 967. The smallest absolute Gasteiger partial charge is 0.408 e. The molecule has 1 atom stereocenters. The van der Waals surface area contributed by atoms with E-state index < -0.39 is 28.8 Å². The highest BCUT2D eigenvalue weighted by Crippen LogP contribution is 2.46. The molecule has 1 amide bonds. The third-order valence-corrected chi connectivity index (χ3v) is 6.27. The molecule has 1 fully saturated rings. The van der Waals surface area contributed by atoms with Gasteiger partial charge in [-0.2, -0.15) is 0 Å². The third kappa shape index (κ3) is 3.16. The van der Waals surface area contributed by atoms with Crippen LogP contribution < -0.4 is 5.32 Å². The Hall–Kier alpha value is -2.86. The second-order valence-corrected chi connectivity index (χ2v) is 9.21. The van der Waals surface area contributed by atoms with E-state index in [0.29, 0.717) is 0 Å². The first kappa shape index (κ1) is 20.4. The first-order chi connectivity index (χ1) is 14.1. The van der Waals surface area contributed by atoms with Crippen LogP contribution in [0.1, 0.15) is 51.2 Å². The van der Waals surface area contributed by atoms with E-state index in [1.54, 1.807) is 13.8 Å². The molecule has 2 N–H and O–H groups in total. The molecule has 4 rings (SSSR count). The van der Waals surface area contributed by atoms with Gasteiger partial charge in [0, 0.05) is 12.3 Å². The average molecular weight is 409 g/mol. The molecule has 0 radical (unpaired) electrons. The van der Waals surface area contributed by atoms with Crippen LogP contribution in [0.5, 0.6) is 0 Å². The Labute approximate surface area is 176 Å². The van der Waals surface area contributed by atoms with Crippen molar-refractivity contribution in [2.24, 2.45) is 0 Å². The number of carbonyl (C=O) groups is 2. The number of hydrogen-bond donors (Lipinski definition) is 2. The van der Waals surface area contributed by atoms with Crippen molar-refractivity contribution >= 4 is 12.1 Å². The van der Waals surface area contributed by atoms with Crippen LogP contribution in [0.3, 0.4) is 0 Å². The zero-order valence-electron chi connectivity index (χ0n) is 17.7. The Morgan fingerprint density at radius 3 is 2.03 bits per heavy atom. The Balaban J connectivity index is 1.54. The summed E-state index contributed by atoms with van der Waals surface area (Å²) in [6.45, 7) is 7.12. The van der Waals surface area contributed by atoms with E-state index in [-0.39, 0.29) is 18.9 Å². The Morgan fingerprint density at radius 1 is 1.03 bits per heavy atom. The maximum absolute atomic E-state index is 12.7. The monoisotopic (exact) mass is 409 g/mol. The van der Waals surface area contributed by atoms with Gasteiger partial charge in [0.1, 0.15) is 6.61 Å². The van der Waals surface area contributed by atoms with Gasteiger partial charge in [-0.3, -0.25) is 0 Å². The standard InChI is InChI=1S/C24H27NO5/c1-22(2)14-24(20(26)27,23(3,4)30-22)25-21(28)29-13-19-17-11-7-5-9-15(17)16-10-6-8-12-18(16)19/h5-12,19H,13-14H2,1-4H3,(H,25,28)(H,26,27). The molecule has 0 saturated carbocycles. The van der Waals surface area contributed by atoms with Crippen LogP contribution >= 0.6 is 0 Å². The number of carbonyl (C=O) groups excluding carboxylic acids is 1. The van der Waals surface area contributed by atoms with Crippen LogP contribution in [0.15, 0.2) is 48.5 Å². The highest BCUT2D eigenvalue weighted by molar-refractivity contribution is 5.87. The summed E-state index contributed by atoms with van der Waals surface area (Å²) in [4.78, 5) is 24.9. The Morgan fingerprint density at radius 2 is 1.57 bits per heavy atom. The van der Waals surface area contributed by atoms with Gasteiger partial charge in [-0.25, -0.2) is 9.59 Å². The fraction of sp³-hybridized carbons (Fsp3) is 0.417. The first-order valence-corrected chi connectivity index (χ1v) is 10.1. The molecule has 1 unspecified atom stereocenters. The lowest BCUT2D eigenvalue weighted by Crippen LogP contribution is -2.64. The number of carboxylic acid groups (broad SMARTS) is 1. The first-order valence-electron chi connectivity index (χ1n) is 10.1. The number of nitrogens with one attached hydrogen (secondary N) is 1. The molecule has 6 heteroatoms. The number of ether oxygens (including phenoxy) is 2. The van der Waals surface area contributed by atoms with Gasteiger partial charge in [0.15, 0.2) is 5.54 Å². The summed E-state index contributed by atoms with van der Waals surface area (Å²) < 4.78 is 11.5. The number of aliphatic carboxylic acids is 1. The molecular formula is C24H27NO5. The van der Waals surface area contributed by atoms with Crippen LogP contribution in [-0.4, -0.2) is 40.5 Å². The predicted octanol–water partition coefficient (Wildman–Crippen LogP) is 4.33. The molecule has 0 bridgehead atoms. The fourth-order valence-electron chi connectivity index (χ4n) is 5.06. The average Bonchev–Trinajstić information content (AvgIpc) is 3.08. The van der Waals surface area contributed by atoms with Gasteiger partial charge in [-0.1, -0.05) is 48.5 Å². The van der Waals surface area contributed by atoms with E-state index in [2.05, 4.69) is 17.4 Å². The van der Waals surface area contributed by atoms with Crippen molar-refractivity contribution in [2.75, 3.05) is 6.61 Å². The molecule has 0 spiro atoms. The lowest BCUT2D eigenvalue weighted by molar-refractivity contribution is -0.153. The van der Waals surface area contributed by atoms with Gasteiger partial charge in [0.25, 0.3) is 0 Å². The fourth-order valence-corrected chi connectivity index (χ4v) is 5.06. The van der Waals surface area contributed by atoms with Gasteiger partial charge in [-0.05, 0) is 49.9 Å². The largest absolute Gasteiger partial charge is 0.479 e. The number of benzene rings is 2. The van der Waals surface area contributed by atoms with E-state index in [1.807, 2.05) is 50.2 Å². The summed E-state index contributed by atoms with van der Waals surface area (Å²) in [5, 5.41) is 12.6. The summed E-state index contributed by atoms with van der Waals surface area (Å²) in [5.41, 5.74) is 1.13. The number of fused-ring (bicyclic) bond motifs is 3. The van der Waals surface area contributed by atoms with Crippen molar-refractivity contribution < 1.29 is 24.2 Å². The summed E-state index contributed by atoms with van der Waals surface area (Å²) in [5.74, 6) is -1.22. The lowest BCUT2D eigenvalue weighted by Gasteiger charge is -2.36. The van der Waals surface area contributed by atoms with Crippen LogP contribution in [0.25, 0.3) is 11.1 Å². The van der Waals surface area contributed by atoms with Gasteiger partial charge in [-0.15, -0.1) is 0 Å². The molecule has 158 valence electrons. The van der Waals surface area contributed by atoms with Crippen molar-refractivity contribution in [3.63, 3.8) is 0 Å². The van der Waals surface area contributed by atoms with Crippen molar-refractivity contribution in [1.29, 1.82) is 0 Å². The van der Waals surface area contributed by atoms with Crippen molar-refractivity contribution in [3.05, 3.63) is 59.7 Å². The third-order valence-electron chi connectivity index (χ3n) is 6.27. The van der Waals surface area contributed by atoms with E-state index in [0.717, 1.165) is 22.3 Å².